The number of hydrogen-bond acceptors (Lipinski definition) is 3. The van der Waals surface area contributed by atoms with Crippen LogP contribution in [0.4, 0.5) is 4.79 Å². The van der Waals surface area contributed by atoms with Gasteiger partial charge in [-0.15, -0.1) is 0 Å². The SMILES string of the molecule is CNCCN(C)C(=O)N1CCCC(CCC(=O)O)C1. The number of urea groups is 1. The van der Waals surface area contributed by atoms with E-state index in [-0.39, 0.29) is 12.5 Å². The molecule has 0 aliphatic carbocycles. The van der Waals surface area contributed by atoms with Gasteiger partial charge in [-0.3, -0.25) is 4.79 Å². The number of piperidine rings is 1. The molecule has 1 aliphatic rings. The molecule has 0 bridgehead atoms. The van der Waals surface area contributed by atoms with Crippen LogP contribution in [0, 0.1) is 5.92 Å². The molecule has 6 heteroatoms. The van der Waals surface area contributed by atoms with Crippen molar-refractivity contribution in [2.75, 3.05) is 40.3 Å². The second-order valence-electron chi connectivity index (χ2n) is 5.19. The Balaban J connectivity index is 2.40. The number of nitrogens with one attached hydrogen (secondary N) is 1. The molecule has 1 fully saturated rings. The lowest BCUT2D eigenvalue weighted by Crippen LogP contribution is -2.47. The molecule has 2 amide bonds. The third-order valence-electron chi connectivity index (χ3n) is 3.58. The highest BCUT2D eigenvalue weighted by atomic mass is 16.4. The van der Waals surface area contributed by atoms with Crippen LogP contribution in [0.5, 0.6) is 0 Å². The predicted octanol–water partition coefficient (Wildman–Crippen LogP) is 0.834. The van der Waals surface area contributed by atoms with E-state index in [9.17, 15) is 9.59 Å². The van der Waals surface area contributed by atoms with Crippen molar-refractivity contribution in [3.8, 4) is 0 Å². The van der Waals surface area contributed by atoms with E-state index < -0.39 is 5.97 Å². The van der Waals surface area contributed by atoms with Crippen molar-refractivity contribution < 1.29 is 14.7 Å². The van der Waals surface area contributed by atoms with Crippen molar-refractivity contribution >= 4 is 12.0 Å². The first kappa shape index (κ1) is 15.8. The molecule has 0 aromatic heterocycles. The van der Waals surface area contributed by atoms with Crippen LogP contribution in [-0.2, 0) is 4.79 Å². The summed E-state index contributed by atoms with van der Waals surface area (Å²) in [4.78, 5) is 26.4. The molecule has 0 aromatic carbocycles. The predicted molar refractivity (Wildman–Crippen MR) is 73.1 cm³/mol. The maximum Gasteiger partial charge on any atom is 0.319 e. The molecular formula is C13H25N3O3. The van der Waals surface area contributed by atoms with Crippen LogP contribution < -0.4 is 5.32 Å². The van der Waals surface area contributed by atoms with Gasteiger partial charge in [0.15, 0.2) is 0 Å². The number of hydrogen-bond donors (Lipinski definition) is 2. The molecule has 1 atom stereocenters. The van der Waals surface area contributed by atoms with Crippen molar-refractivity contribution in [3.63, 3.8) is 0 Å². The Labute approximate surface area is 114 Å². The van der Waals surface area contributed by atoms with Gasteiger partial charge in [0, 0.05) is 39.6 Å². The lowest BCUT2D eigenvalue weighted by molar-refractivity contribution is -0.137. The summed E-state index contributed by atoms with van der Waals surface area (Å²) in [5.41, 5.74) is 0. The summed E-state index contributed by atoms with van der Waals surface area (Å²) in [6.07, 6.45) is 2.86. The minimum absolute atomic E-state index is 0.0512. The highest BCUT2D eigenvalue weighted by molar-refractivity contribution is 5.74. The summed E-state index contributed by atoms with van der Waals surface area (Å²) in [5.74, 6) is -0.430. The standard InChI is InChI=1S/C13H25N3O3/c1-14-7-9-15(2)13(19)16-8-3-4-11(10-16)5-6-12(17)18/h11,14H,3-10H2,1-2H3,(H,17,18). The molecule has 0 spiro atoms. The molecule has 1 heterocycles. The molecule has 110 valence electrons. The first-order valence-corrected chi connectivity index (χ1v) is 6.91. The first-order valence-electron chi connectivity index (χ1n) is 6.91. The van der Waals surface area contributed by atoms with Gasteiger partial charge in [0.2, 0.25) is 0 Å². The van der Waals surface area contributed by atoms with Crippen LogP contribution in [0.3, 0.4) is 0 Å². The second kappa shape index (κ2) is 7.99. The fraction of sp³-hybridized carbons (Fsp3) is 0.846. The van der Waals surface area contributed by atoms with E-state index >= 15 is 0 Å². The molecule has 6 nitrogen and oxygen atoms in total. The molecule has 0 saturated carbocycles. The molecule has 1 saturated heterocycles. The Hall–Kier alpha value is -1.30. The first-order chi connectivity index (χ1) is 9.04. The molecule has 2 N–H and O–H groups in total. The minimum atomic E-state index is -0.755. The third-order valence-corrected chi connectivity index (χ3v) is 3.58. The zero-order valence-corrected chi connectivity index (χ0v) is 11.9. The highest BCUT2D eigenvalue weighted by Crippen LogP contribution is 2.21. The Morgan fingerprint density at radius 2 is 2.21 bits per heavy atom. The molecule has 1 rings (SSSR count). The van der Waals surface area contributed by atoms with Gasteiger partial charge in [-0.1, -0.05) is 0 Å². The Morgan fingerprint density at radius 1 is 1.47 bits per heavy atom. The van der Waals surface area contributed by atoms with E-state index in [1.165, 1.54) is 0 Å². The molecule has 19 heavy (non-hydrogen) atoms. The van der Waals surface area contributed by atoms with Crippen molar-refractivity contribution in [1.29, 1.82) is 0 Å². The molecule has 0 aromatic rings. The number of aliphatic carboxylic acids is 1. The maximum atomic E-state index is 12.2. The van der Waals surface area contributed by atoms with E-state index in [0.717, 1.165) is 25.9 Å². The van der Waals surface area contributed by atoms with Gasteiger partial charge in [-0.05, 0) is 32.2 Å². The third kappa shape index (κ3) is 5.46. The minimum Gasteiger partial charge on any atom is -0.481 e. The van der Waals surface area contributed by atoms with E-state index in [4.69, 9.17) is 5.11 Å². The van der Waals surface area contributed by atoms with E-state index in [1.54, 1.807) is 11.9 Å². The summed E-state index contributed by atoms with van der Waals surface area (Å²) in [6.45, 7) is 2.94. The lowest BCUT2D eigenvalue weighted by Gasteiger charge is -2.35. The smallest absolute Gasteiger partial charge is 0.319 e. The second-order valence-corrected chi connectivity index (χ2v) is 5.19. The number of carboxylic acids is 1. The van der Waals surface area contributed by atoms with Crippen LogP contribution in [0.25, 0.3) is 0 Å². The van der Waals surface area contributed by atoms with Gasteiger partial charge < -0.3 is 20.2 Å². The number of carbonyl (C=O) groups excluding carboxylic acids is 1. The van der Waals surface area contributed by atoms with Crippen LogP contribution in [0.1, 0.15) is 25.7 Å². The molecular weight excluding hydrogens is 246 g/mol. The average Bonchev–Trinajstić information content (AvgIpc) is 2.42. The quantitative estimate of drug-likeness (QED) is 0.750. The van der Waals surface area contributed by atoms with E-state index in [0.29, 0.717) is 25.4 Å². The van der Waals surface area contributed by atoms with Gasteiger partial charge in [0.05, 0.1) is 0 Å². The van der Waals surface area contributed by atoms with E-state index in [2.05, 4.69) is 5.32 Å². The fourth-order valence-electron chi connectivity index (χ4n) is 2.42. The topological polar surface area (TPSA) is 72.9 Å². The number of amides is 2. The number of carbonyl (C=O) groups is 2. The van der Waals surface area contributed by atoms with Crippen LogP contribution >= 0.6 is 0 Å². The molecule has 0 radical (unpaired) electrons. The monoisotopic (exact) mass is 271 g/mol. The number of rotatable bonds is 6. The Bertz CT molecular complexity index is 310. The number of carboxylic acid groups (broad SMARTS) is 1. The zero-order chi connectivity index (χ0) is 14.3. The summed E-state index contributed by atoms with van der Waals surface area (Å²) in [5, 5.41) is 11.7. The van der Waals surface area contributed by atoms with Gasteiger partial charge in [0.1, 0.15) is 0 Å². The summed E-state index contributed by atoms with van der Waals surface area (Å²) in [6, 6.07) is 0.0512. The number of nitrogens with zero attached hydrogens (tertiary/aromatic N) is 2. The largest absolute Gasteiger partial charge is 0.481 e. The zero-order valence-electron chi connectivity index (χ0n) is 11.9. The molecule has 1 aliphatic heterocycles. The maximum absolute atomic E-state index is 12.2. The van der Waals surface area contributed by atoms with Crippen molar-refractivity contribution in [2.45, 2.75) is 25.7 Å². The number of likely N-dealkylation sites (N-methyl/N-ethyl adjacent to an activating group) is 2. The summed E-state index contributed by atoms with van der Waals surface area (Å²) < 4.78 is 0. The van der Waals surface area contributed by atoms with Crippen LogP contribution in [0.2, 0.25) is 0 Å². The Morgan fingerprint density at radius 3 is 2.84 bits per heavy atom. The van der Waals surface area contributed by atoms with Gasteiger partial charge in [-0.2, -0.15) is 0 Å². The van der Waals surface area contributed by atoms with Gasteiger partial charge in [0.25, 0.3) is 0 Å². The van der Waals surface area contributed by atoms with Gasteiger partial charge >= 0.3 is 12.0 Å². The van der Waals surface area contributed by atoms with Crippen molar-refractivity contribution in [1.82, 2.24) is 15.1 Å². The summed E-state index contributed by atoms with van der Waals surface area (Å²) in [7, 11) is 3.67. The van der Waals surface area contributed by atoms with Crippen LogP contribution in [0.15, 0.2) is 0 Å². The number of likely N-dealkylation sites (tertiary alicyclic amines) is 1. The molecule has 1 unspecified atom stereocenters. The Kier molecular flexibility index (Phi) is 6.62. The normalized spacial score (nSPS) is 19.3. The fourth-order valence-corrected chi connectivity index (χ4v) is 2.42. The van der Waals surface area contributed by atoms with Crippen molar-refractivity contribution in [3.05, 3.63) is 0 Å². The lowest BCUT2D eigenvalue weighted by atomic mass is 9.93. The van der Waals surface area contributed by atoms with Crippen molar-refractivity contribution in [2.24, 2.45) is 5.92 Å². The summed E-state index contributed by atoms with van der Waals surface area (Å²) >= 11 is 0. The average molecular weight is 271 g/mol. The highest BCUT2D eigenvalue weighted by Gasteiger charge is 2.25. The van der Waals surface area contributed by atoms with E-state index in [1.807, 2.05) is 11.9 Å². The van der Waals surface area contributed by atoms with Crippen LogP contribution in [-0.4, -0.2) is 67.2 Å². The van der Waals surface area contributed by atoms with Gasteiger partial charge in [-0.25, -0.2) is 4.79 Å².